The molecule has 1 aromatic carbocycles. The lowest BCUT2D eigenvalue weighted by molar-refractivity contribution is 0.575. The van der Waals surface area contributed by atoms with E-state index in [-0.39, 0.29) is 5.02 Å². The van der Waals surface area contributed by atoms with Crippen molar-refractivity contribution in [2.75, 3.05) is 0 Å². The van der Waals surface area contributed by atoms with Crippen LogP contribution in [0.3, 0.4) is 0 Å². The van der Waals surface area contributed by atoms with Crippen molar-refractivity contribution < 1.29 is 8.81 Å². The number of rotatable bonds is 0. The van der Waals surface area contributed by atoms with Crippen LogP contribution in [0.25, 0.3) is 11.0 Å². The van der Waals surface area contributed by atoms with Crippen molar-refractivity contribution in [3.05, 3.63) is 32.8 Å². The molecule has 0 N–H and O–H groups in total. The molecule has 0 saturated heterocycles. The standard InChI is InChI=1S/C8H3ClFIO/c9-5-1-4-2-8(11)12-7(4)3-6(5)10/h1-3H. The average molecular weight is 296 g/mol. The second-order valence-corrected chi connectivity index (χ2v) is 3.83. The first-order valence-corrected chi connectivity index (χ1v) is 4.66. The van der Waals surface area contributed by atoms with Gasteiger partial charge in [-0.2, -0.15) is 0 Å². The van der Waals surface area contributed by atoms with Crippen LogP contribution in [-0.4, -0.2) is 0 Å². The quantitative estimate of drug-likeness (QED) is 0.673. The molecular formula is C8H3ClFIO. The molecule has 0 aliphatic heterocycles. The predicted octanol–water partition coefficient (Wildman–Crippen LogP) is 3.83. The van der Waals surface area contributed by atoms with Crippen LogP contribution < -0.4 is 0 Å². The fourth-order valence-electron chi connectivity index (χ4n) is 1.00. The molecule has 4 heteroatoms. The average Bonchev–Trinajstić information content (AvgIpc) is 2.30. The van der Waals surface area contributed by atoms with E-state index in [9.17, 15) is 4.39 Å². The highest BCUT2D eigenvalue weighted by Gasteiger charge is 2.06. The van der Waals surface area contributed by atoms with Gasteiger partial charge in [-0.3, -0.25) is 0 Å². The topological polar surface area (TPSA) is 13.1 Å². The first-order valence-electron chi connectivity index (χ1n) is 3.21. The van der Waals surface area contributed by atoms with E-state index in [1.807, 2.05) is 22.6 Å². The Morgan fingerprint density at radius 1 is 1.33 bits per heavy atom. The molecule has 12 heavy (non-hydrogen) atoms. The van der Waals surface area contributed by atoms with Crippen LogP contribution in [0.2, 0.25) is 5.02 Å². The third kappa shape index (κ3) is 1.31. The van der Waals surface area contributed by atoms with Crippen molar-refractivity contribution in [2.45, 2.75) is 0 Å². The fourth-order valence-corrected chi connectivity index (χ4v) is 1.75. The summed E-state index contributed by atoms with van der Waals surface area (Å²) in [4.78, 5) is 0. The molecule has 0 radical (unpaired) electrons. The monoisotopic (exact) mass is 296 g/mol. The minimum absolute atomic E-state index is 0.125. The van der Waals surface area contributed by atoms with Gasteiger partial charge in [-0.05, 0) is 34.7 Å². The number of fused-ring (bicyclic) bond motifs is 1. The highest BCUT2D eigenvalue weighted by atomic mass is 127. The maximum Gasteiger partial charge on any atom is 0.165 e. The molecule has 0 aliphatic rings. The number of hydrogen-bond donors (Lipinski definition) is 0. The van der Waals surface area contributed by atoms with E-state index in [1.54, 1.807) is 12.1 Å². The minimum Gasteiger partial charge on any atom is -0.450 e. The van der Waals surface area contributed by atoms with Gasteiger partial charge in [0.25, 0.3) is 0 Å². The van der Waals surface area contributed by atoms with Crippen molar-refractivity contribution in [3.8, 4) is 0 Å². The number of furan rings is 1. The van der Waals surface area contributed by atoms with E-state index in [1.165, 1.54) is 6.07 Å². The van der Waals surface area contributed by atoms with E-state index in [4.69, 9.17) is 16.0 Å². The predicted molar refractivity (Wildman–Crippen MR) is 53.9 cm³/mol. The van der Waals surface area contributed by atoms with Crippen LogP contribution >= 0.6 is 34.2 Å². The SMILES string of the molecule is Fc1cc2oc(I)cc2cc1Cl. The molecule has 0 unspecified atom stereocenters. The van der Waals surface area contributed by atoms with Gasteiger partial charge in [0.1, 0.15) is 11.4 Å². The molecule has 1 aromatic heterocycles. The normalized spacial score (nSPS) is 10.9. The lowest BCUT2D eigenvalue weighted by Crippen LogP contribution is -1.74. The largest absolute Gasteiger partial charge is 0.450 e. The van der Waals surface area contributed by atoms with E-state index < -0.39 is 5.82 Å². The number of halogens is 3. The lowest BCUT2D eigenvalue weighted by Gasteiger charge is -1.91. The van der Waals surface area contributed by atoms with Crippen molar-refractivity contribution >= 4 is 45.2 Å². The van der Waals surface area contributed by atoms with E-state index in [2.05, 4.69) is 0 Å². The zero-order valence-corrected chi connectivity index (χ0v) is 8.69. The summed E-state index contributed by atoms with van der Waals surface area (Å²) >= 11 is 7.60. The van der Waals surface area contributed by atoms with Crippen LogP contribution in [0.1, 0.15) is 0 Å². The maximum absolute atomic E-state index is 12.9. The molecule has 62 valence electrons. The third-order valence-electron chi connectivity index (χ3n) is 1.53. The molecule has 0 atom stereocenters. The van der Waals surface area contributed by atoms with Crippen molar-refractivity contribution in [1.29, 1.82) is 0 Å². The smallest absolute Gasteiger partial charge is 0.165 e. The molecule has 1 heterocycles. The Bertz CT molecular complexity index is 399. The first kappa shape index (κ1) is 8.31. The van der Waals surface area contributed by atoms with Crippen molar-refractivity contribution in [2.24, 2.45) is 0 Å². The zero-order valence-electron chi connectivity index (χ0n) is 5.77. The fraction of sp³-hybridized carbons (Fsp3) is 0. The Hall–Kier alpha value is -0.290. The minimum atomic E-state index is -0.449. The van der Waals surface area contributed by atoms with Crippen LogP contribution in [-0.2, 0) is 0 Å². The van der Waals surface area contributed by atoms with Crippen molar-refractivity contribution in [3.63, 3.8) is 0 Å². The zero-order chi connectivity index (χ0) is 8.72. The molecule has 0 amide bonds. The molecule has 0 spiro atoms. The van der Waals surface area contributed by atoms with Crippen molar-refractivity contribution in [1.82, 2.24) is 0 Å². The van der Waals surface area contributed by atoms with Crippen LogP contribution in [0.4, 0.5) is 4.39 Å². The van der Waals surface area contributed by atoms with Gasteiger partial charge in [-0.1, -0.05) is 11.6 Å². The summed E-state index contributed by atoms with van der Waals surface area (Å²) in [6.07, 6.45) is 0. The highest BCUT2D eigenvalue weighted by Crippen LogP contribution is 2.26. The Morgan fingerprint density at radius 2 is 2.08 bits per heavy atom. The highest BCUT2D eigenvalue weighted by molar-refractivity contribution is 14.1. The molecule has 0 fully saturated rings. The molecular weight excluding hydrogens is 293 g/mol. The second-order valence-electron chi connectivity index (χ2n) is 2.35. The molecule has 0 saturated carbocycles. The van der Waals surface area contributed by atoms with E-state index in [0.29, 0.717) is 5.58 Å². The summed E-state index contributed by atoms with van der Waals surface area (Å²) in [5.74, 6) is -0.449. The summed E-state index contributed by atoms with van der Waals surface area (Å²) in [6.45, 7) is 0. The van der Waals surface area contributed by atoms with Crippen LogP contribution in [0.15, 0.2) is 22.6 Å². The Morgan fingerprint density at radius 3 is 2.83 bits per heavy atom. The number of benzene rings is 1. The summed E-state index contributed by atoms with van der Waals surface area (Å²) < 4.78 is 18.8. The first-order chi connectivity index (χ1) is 5.66. The van der Waals surface area contributed by atoms with Gasteiger partial charge in [0.15, 0.2) is 3.77 Å². The van der Waals surface area contributed by atoms with Gasteiger partial charge >= 0.3 is 0 Å². The Labute approximate surface area is 86.6 Å². The molecule has 1 nitrogen and oxygen atoms in total. The molecule has 0 bridgehead atoms. The van der Waals surface area contributed by atoms with E-state index in [0.717, 1.165) is 9.15 Å². The molecule has 2 aromatic rings. The van der Waals surface area contributed by atoms with Gasteiger partial charge in [-0.15, -0.1) is 0 Å². The van der Waals surface area contributed by atoms with E-state index >= 15 is 0 Å². The van der Waals surface area contributed by atoms with Crippen LogP contribution in [0.5, 0.6) is 0 Å². The summed E-state index contributed by atoms with van der Waals surface area (Å²) in [5.41, 5.74) is 0.529. The lowest BCUT2D eigenvalue weighted by atomic mass is 10.2. The molecule has 0 aliphatic carbocycles. The Balaban J connectivity index is 2.83. The Kier molecular flexibility index (Phi) is 2.00. The summed E-state index contributed by atoms with van der Waals surface area (Å²) in [7, 11) is 0. The van der Waals surface area contributed by atoms with Crippen LogP contribution in [0, 0.1) is 9.58 Å². The number of hydrogen-bond acceptors (Lipinski definition) is 1. The third-order valence-corrected chi connectivity index (χ3v) is 2.35. The van der Waals surface area contributed by atoms with Gasteiger partial charge in [-0.25, -0.2) is 4.39 Å². The summed E-state index contributed by atoms with van der Waals surface area (Å²) in [5, 5.41) is 0.950. The molecule has 2 rings (SSSR count). The van der Waals surface area contributed by atoms with Gasteiger partial charge in [0, 0.05) is 11.5 Å². The van der Waals surface area contributed by atoms with Gasteiger partial charge in [0.05, 0.1) is 5.02 Å². The van der Waals surface area contributed by atoms with Gasteiger partial charge < -0.3 is 4.42 Å². The maximum atomic E-state index is 12.9. The van der Waals surface area contributed by atoms with Gasteiger partial charge in [0.2, 0.25) is 0 Å². The summed E-state index contributed by atoms with van der Waals surface area (Å²) in [6, 6.07) is 4.65. The second kappa shape index (κ2) is 2.88.